The second kappa shape index (κ2) is 6.54. The Morgan fingerprint density at radius 2 is 1.50 bits per heavy atom. The van der Waals surface area contributed by atoms with Crippen LogP contribution in [0.25, 0.3) is 0 Å². The Hall–Kier alpha value is -1.85. The number of rotatable bonds is 5. The number of hydrogen-bond donors (Lipinski definition) is 2. The number of aliphatic hydroxyl groups is 1. The van der Waals surface area contributed by atoms with E-state index >= 15 is 0 Å². The van der Waals surface area contributed by atoms with Gasteiger partial charge < -0.3 is 10.4 Å². The number of aliphatic hydroxyl groups excluding tert-OH is 1. The number of nitrogens with one attached hydrogen (secondary N) is 1. The molecule has 0 saturated heterocycles. The minimum atomic E-state index is -0.619. The molecule has 0 bridgehead atoms. The van der Waals surface area contributed by atoms with Gasteiger partial charge in [0, 0.05) is 24.7 Å². The molecule has 0 unspecified atom stereocenters. The van der Waals surface area contributed by atoms with Crippen molar-refractivity contribution in [2.45, 2.75) is 19.7 Å². The van der Waals surface area contributed by atoms with Crippen molar-refractivity contribution in [1.29, 1.82) is 0 Å². The zero-order chi connectivity index (χ0) is 14.5. The van der Waals surface area contributed by atoms with E-state index in [-0.39, 0.29) is 12.2 Å². The van der Waals surface area contributed by atoms with Crippen LogP contribution in [0.5, 0.6) is 0 Å². The molecule has 20 heavy (non-hydrogen) atoms. The van der Waals surface area contributed by atoms with Gasteiger partial charge in [-0.15, -0.1) is 0 Å². The average Bonchev–Trinajstić information content (AvgIpc) is 2.39. The average molecular weight is 281 g/mol. The normalized spacial score (nSPS) is 10.8. The molecule has 0 atom stereocenters. The quantitative estimate of drug-likeness (QED) is 0.883. The van der Waals surface area contributed by atoms with E-state index in [2.05, 4.69) is 5.32 Å². The summed E-state index contributed by atoms with van der Waals surface area (Å²) in [6, 6.07) is 7.74. The van der Waals surface area contributed by atoms with Gasteiger partial charge in [-0.2, -0.15) is 0 Å². The summed E-state index contributed by atoms with van der Waals surface area (Å²) in [6.45, 7) is 0.334. The van der Waals surface area contributed by atoms with Gasteiger partial charge in [-0.05, 0) is 35.4 Å². The van der Waals surface area contributed by atoms with E-state index in [9.17, 15) is 13.2 Å². The van der Waals surface area contributed by atoms with Gasteiger partial charge in [-0.25, -0.2) is 13.2 Å². The topological polar surface area (TPSA) is 32.3 Å². The van der Waals surface area contributed by atoms with Crippen molar-refractivity contribution in [3.8, 4) is 0 Å². The number of benzene rings is 2. The summed E-state index contributed by atoms with van der Waals surface area (Å²) in [4.78, 5) is 0. The molecule has 106 valence electrons. The summed E-state index contributed by atoms with van der Waals surface area (Å²) in [5, 5.41) is 12.0. The SMILES string of the molecule is OCc1cc(CNCc2cc(F)cc(F)c2)ccc1F. The first-order valence-electron chi connectivity index (χ1n) is 6.12. The fourth-order valence-corrected chi connectivity index (χ4v) is 1.92. The van der Waals surface area contributed by atoms with Gasteiger partial charge in [0.1, 0.15) is 17.5 Å². The highest BCUT2D eigenvalue weighted by Crippen LogP contribution is 2.11. The van der Waals surface area contributed by atoms with E-state index in [1.165, 1.54) is 18.2 Å². The van der Waals surface area contributed by atoms with Gasteiger partial charge in [0.05, 0.1) is 6.61 Å². The third-order valence-corrected chi connectivity index (χ3v) is 2.86. The molecule has 0 aliphatic heterocycles. The molecule has 0 aliphatic carbocycles. The van der Waals surface area contributed by atoms with Crippen LogP contribution in [0.4, 0.5) is 13.2 Å². The predicted molar refractivity (Wildman–Crippen MR) is 69.2 cm³/mol. The van der Waals surface area contributed by atoms with Crippen molar-refractivity contribution in [1.82, 2.24) is 5.32 Å². The van der Waals surface area contributed by atoms with Crippen LogP contribution < -0.4 is 5.32 Å². The molecule has 2 N–H and O–H groups in total. The Bertz CT molecular complexity index is 581. The molecular formula is C15H14F3NO. The summed E-state index contributed by atoms with van der Waals surface area (Å²) in [7, 11) is 0. The lowest BCUT2D eigenvalue weighted by molar-refractivity contribution is 0.275. The highest BCUT2D eigenvalue weighted by Gasteiger charge is 2.03. The number of hydrogen-bond acceptors (Lipinski definition) is 2. The largest absolute Gasteiger partial charge is 0.392 e. The van der Waals surface area contributed by atoms with Crippen molar-refractivity contribution in [3.05, 3.63) is 70.5 Å². The maximum absolute atomic E-state index is 13.2. The summed E-state index contributed by atoms with van der Waals surface area (Å²) < 4.78 is 39.2. The number of halogens is 3. The summed E-state index contributed by atoms with van der Waals surface area (Å²) in [5.74, 6) is -1.69. The van der Waals surface area contributed by atoms with E-state index in [0.29, 0.717) is 18.7 Å². The molecule has 2 rings (SSSR count). The Morgan fingerprint density at radius 1 is 0.850 bits per heavy atom. The van der Waals surface area contributed by atoms with E-state index in [4.69, 9.17) is 5.11 Å². The zero-order valence-corrected chi connectivity index (χ0v) is 10.7. The lowest BCUT2D eigenvalue weighted by Crippen LogP contribution is -2.13. The Balaban J connectivity index is 1.95. The van der Waals surface area contributed by atoms with Crippen LogP contribution in [0, 0.1) is 17.5 Å². The summed E-state index contributed by atoms with van der Waals surface area (Å²) in [5.41, 5.74) is 1.50. The van der Waals surface area contributed by atoms with Crippen LogP contribution in [0.3, 0.4) is 0 Å². The van der Waals surface area contributed by atoms with Crippen molar-refractivity contribution in [2.75, 3.05) is 0 Å². The molecule has 0 aromatic heterocycles. The second-order valence-corrected chi connectivity index (χ2v) is 4.47. The molecular weight excluding hydrogens is 267 g/mol. The van der Waals surface area contributed by atoms with Crippen LogP contribution in [0.15, 0.2) is 36.4 Å². The monoisotopic (exact) mass is 281 g/mol. The lowest BCUT2D eigenvalue weighted by atomic mass is 10.1. The molecule has 0 heterocycles. The maximum Gasteiger partial charge on any atom is 0.128 e. The first-order chi connectivity index (χ1) is 9.58. The van der Waals surface area contributed by atoms with Crippen LogP contribution in [0.2, 0.25) is 0 Å². The first kappa shape index (κ1) is 14.6. The van der Waals surface area contributed by atoms with Gasteiger partial charge in [-0.3, -0.25) is 0 Å². The van der Waals surface area contributed by atoms with Crippen molar-refractivity contribution in [3.63, 3.8) is 0 Å². The van der Waals surface area contributed by atoms with E-state index < -0.39 is 17.5 Å². The molecule has 0 radical (unpaired) electrons. The van der Waals surface area contributed by atoms with E-state index in [1.54, 1.807) is 12.1 Å². The fraction of sp³-hybridized carbons (Fsp3) is 0.200. The van der Waals surface area contributed by atoms with Crippen LogP contribution in [-0.2, 0) is 19.7 Å². The van der Waals surface area contributed by atoms with Gasteiger partial charge >= 0.3 is 0 Å². The van der Waals surface area contributed by atoms with E-state index in [1.807, 2.05) is 0 Å². The maximum atomic E-state index is 13.2. The van der Waals surface area contributed by atoms with Gasteiger partial charge in [0.2, 0.25) is 0 Å². The molecule has 0 spiro atoms. The van der Waals surface area contributed by atoms with Crippen LogP contribution >= 0.6 is 0 Å². The smallest absolute Gasteiger partial charge is 0.128 e. The molecule has 0 fully saturated rings. The Kier molecular flexibility index (Phi) is 4.76. The zero-order valence-electron chi connectivity index (χ0n) is 10.7. The third kappa shape index (κ3) is 3.82. The van der Waals surface area contributed by atoms with Gasteiger partial charge in [0.15, 0.2) is 0 Å². The second-order valence-electron chi connectivity index (χ2n) is 4.47. The molecule has 0 aliphatic rings. The van der Waals surface area contributed by atoms with Crippen molar-refractivity contribution < 1.29 is 18.3 Å². The standard InChI is InChI=1S/C15H14F3NO/c16-13-4-11(5-14(17)6-13)8-19-7-10-1-2-15(18)12(3-10)9-20/h1-6,19-20H,7-9H2. The fourth-order valence-electron chi connectivity index (χ4n) is 1.92. The van der Waals surface area contributed by atoms with Crippen molar-refractivity contribution in [2.24, 2.45) is 0 Å². The molecule has 2 nitrogen and oxygen atoms in total. The minimum absolute atomic E-state index is 0.223. The molecule has 0 amide bonds. The van der Waals surface area contributed by atoms with Crippen LogP contribution in [-0.4, -0.2) is 5.11 Å². The van der Waals surface area contributed by atoms with Gasteiger partial charge in [-0.1, -0.05) is 6.07 Å². The Morgan fingerprint density at radius 3 is 2.15 bits per heavy atom. The summed E-state index contributed by atoms with van der Waals surface area (Å²) in [6.07, 6.45) is 0. The minimum Gasteiger partial charge on any atom is -0.392 e. The third-order valence-electron chi connectivity index (χ3n) is 2.86. The Labute approximate surface area is 114 Å². The molecule has 2 aromatic carbocycles. The predicted octanol–water partition coefficient (Wildman–Crippen LogP) is 2.89. The first-order valence-corrected chi connectivity index (χ1v) is 6.12. The molecule has 2 aromatic rings. The summed E-state index contributed by atoms with van der Waals surface area (Å²) >= 11 is 0. The van der Waals surface area contributed by atoms with E-state index in [0.717, 1.165) is 11.6 Å². The molecule has 5 heteroatoms. The highest BCUT2D eigenvalue weighted by atomic mass is 19.1. The lowest BCUT2D eigenvalue weighted by Gasteiger charge is -2.07. The highest BCUT2D eigenvalue weighted by molar-refractivity contribution is 5.25. The van der Waals surface area contributed by atoms with Gasteiger partial charge in [0.25, 0.3) is 0 Å². The van der Waals surface area contributed by atoms with Crippen LogP contribution in [0.1, 0.15) is 16.7 Å². The van der Waals surface area contributed by atoms with Crippen molar-refractivity contribution >= 4 is 0 Å². The molecule has 0 saturated carbocycles.